The molecule has 1 heterocycles. The summed E-state index contributed by atoms with van der Waals surface area (Å²) in [6, 6.07) is 0.298. The van der Waals surface area contributed by atoms with Crippen LogP contribution < -0.4 is 0 Å². The number of nitrogens with zero attached hydrogens (tertiary/aromatic N) is 1. The summed E-state index contributed by atoms with van der Waals surface area (Å²) >= 11 is 0. The molecule has 3 atom stereocenters. The van der Waals surface area contributed by atoms with Gasteiger partial charge >= 0.3 is 12.1 Å². The number of ether oxygens (including phenoxy) is 3. The second kappa shape index (κ2) is 9.02. The van der Waals surface area contributed by atoms with Crippen molar-refractivity contribution in [3.63, 3.8) is 0 Å². The highest BCUT2D eigenvalue weighted by Crippen LogP contribution is 2.41. The lowest BCUT2D eigenvalue weighted by Crippen LogP contribution is -2.42. The Kier molecular flexibility index (Phi) is 6.89. The van der Waals surface area contributed by atoms with Crippen LogP contribution in [0.25, 0.3) is 0 Å². The summed E-state index contributed by atoms with van der Waals surface area (Å²) in [4.78, 5) is 26.4. The summed E-state index contributed by atoms with van der Waals surface area (Å²) in [5.74, 6) is 0.845. The average Bonchev–Trinajstić information content (AvgIpc) is 3.04. The second-order valence-corrected chi connectivity index (χ2v) is 9.74. The van der Waals surface area contributed by atoms with Crippen molar-refractivity contribution in [3.05, 3.63) is 0 Å². The summed E-state index contributed by atoms with van der Waals surface area (Å²) in [6.07, 6.45) is 8.24. The van der Waals surface area contributed by atoms with Crippen molar-refractivity contribution < 1.29 is 23.8 Å². The third kappa shape index (κ3) is 5.19. The van der Waals surface area contributed by atoms with Gasteiger partial charge in [-0.15, -0.1) is 0 Å². The fraction of sp³-hybridized carbons (Fsp3) is 0.909. The molecule has 6 heteroatoms. The number of methoxy groups -OCH3 is 1. The van der Waals surface area contributed by atoms with E-state index >= 15 is 0 Å². The summed E-state index contributed by atoms with van der Waals surface area (Å²) in [6.45, 7) is 7.20. The number of rotatable bonds is 4. The topological polar surface area (TPSA) is 65.1 Å². The first-order chi connectivity index (χ1) is 13.3. The molecule has 160 valence electrons. The maximum atomic E-state index is 12.7. The van der Waals surface area contributed by atoms with Gasteiger partial charge in [-0.25, -0.2) is 4.79 Å². The number of carbonyl (C=O) groups excluding carboxylic acids is 2. The summed E-state index contributed by atoms with van der Waals surface area (Å²) in [5, 5.41) is 0. The average molecular weight is 396 g/mol. The van der Waals surface area contributed by atoms with Crippen molar-refractivity contribution in [2.45, 2.75) is 89.9 Å². The summed E-state index contributed by atoms with van der Waals surface area (Å²) in [7, 11) is 1.46. The SMILES string of the molecule is COC(=O)C1CCC(OCC2CN(C(=O)OC(C)(C)C)C3CCCCC23)CC1. The molecule has 3 aliphatic rings. The van der Waals surface area contributed by atoms with Crippen molar-refractivity contribution in [3.8, 4) is 0 Å². The van der Waals surface area contributed by atoms with Gasteiger partial charge in [-0.1, -0.05) is 12.8 Å². The van der Waals surface area contributed by atoms with Crippen molar-refractivity contribution >= 4 is 12.1 Å². The van der Waals surface area contributed by atoms with Gasteiger partial charge in [0.25, 0.3) is 0 Å². The quantitative estimate of drug-likeness (QED) is 0.669. The third-order valence-corrected chi connectivity index (χ3v) is 6.60. The van der Waals surface area contributed by atoms with Crippen molar-refractivity contribution in [2.75, 3.05) is 20.3 Å². The Morgan fingerprint density at radius 1 is 1.00 bits per heavy atom. The molecule has 0 aromatic carbocycles. The molecule has 2 saturated carbocycles. The van der Waals surface area contributed by atoms with E-state index in [4.69, 9.17) is 14.2 Å². The van der Waals surface area contributed by atoms with Crippen LogP contribution in [0.4, 0.5) is 4.79 Å². The molecular formula is C22H37NO5. The Bertz CT molecular complexity index is 550. The van der Waals surface area contributed by atoms with Crippen LogP contribution in [0.2, 0.25) is 0 Å². The van der Waals surface area contributed by atoms with Gasteiger partial charge in [0.1, 0.15) is 5.60 Å². The van der Waals surface area contributed by atoms with E-state index in [9.17, 15) is 9.59 Å². The maximum absolute atomic E-state index is 12.7. The molecule has 3 fully saturated rings. The third-order valence-electron chi connectivity index (χ3n) is 6.60. The van der Waals surface area contributed by atoms with Crippen LogP contribution in [0, 0.1) is 17.8 Å². The molecule has 28 heavy (non-hydrogen) atoms. The van der Waals surface area contributed by atoms with Crippen molar-refractivity contribution in [1.29, 1.82) is 0 Å². The normalized spacial score (nSPS) is 33.3. The Morgan fingerprint density at radius 3 is 2.32 bits per heavy atom. The van der Waals surface area contributed by atoms with E-state index in [1.165, 1.54) is 26.4 Å². The zero-order chi connectivity index (χ0) is 20.3. The van der Waals surface area contributed by atoms with E-state index in [1.54, 1.807) is 0 Å². The second-order valence-electron chi connectivity index (χ2n) is 9.74. The van der Waals surface area contributed by atoms with E-state index in [1.807, 2.05) is 25.7 Å². The van der Waals surface area contributed by atoms with Crippen LogP contribution in [0.1, 0.15) is 72.1 Å². The monoisotopic (exact) mass is 395 g/mol. The number of hydrogen-bond acceptors (Lipinski definition) is 5. The molecule has 0 radical (unpaired) electrons. The van der Waals surface area contributed by atoms with Crippen LogP contribution in [-0.2, 0) is 19.0 Å². The van der Waals surface area contributed by atoms with E-state index < -0.39 is 5.60 Å². The first kappa shape index (κ1) is 21.4. The molecule has 1 saturated heterocycles. The molecule has 0 N–H and O–H groups in total. The van der Waals surface area contributed by atoms with Gasteiger partial charge in [-0.3, -0.25) is 4.79 Å². The van der Waals surface area contributed by atoms with Gasteiger partial charge in [0.05, 0.1) is 25.7 Å². The van der Waals surface area contributed by atoms with Crippen molar-refractivity contribution in [1.82, 2.24) is 4.90 Å². The van der Waals surface area contributed by atoms with Gasteiger partial charge in [-0.05, 0) is 65.2 Å². The van der Waals surface area contributed by atoms with Crippen LogP contribution >= 0.6 is 0 Å². The van der Waals surface area contributed by atoms with Crippen LogP contribution in [0.3, 0.4) is 0 Å². The molecule has 0 spiro atoms. The van der Waals surface area contributed by atoms with Crippen molar-refractivity contribution in [2.24, 2.45) is 17.8 Å². The minimum absolute atomic E-state index is 0.0294. The standard InChI is InChI=1S/C22H37NO5/c1-22(2,3)28-21(25)23-13-16(18-7-5-6-8-19(18)23)14-27-17-11-9-15(10-12-17)20(24)26-4/h15-19H,5-14H2,1-4H3. The minimum atomic E-state index is -0.464. The number of carbonyl (C=O) groups is 2. The van der Waals surface area contributed by atoms with E-state index in [0.29, 0.717) is 24.5 Å². The Balaban J connectivity index is 1.52. The zero-order valence-corrected chi connectivity index (χ0v) is 17.9. The molecule has 0 aromatic rings. The Morgan fingerprint density at radius 2 is 1.68 bits per heavy atom. The fourth-order valence-corrected chi connectivity index (χ4v) is 5.20. The minimum Gasteiger partial charge on any atom is -0.469 e. The first-order valence-corrected chi connectivity index (χ1v) is 11.0. The molecule has 2 aliphatic carbocycles. The van der Waals surface area contributed by atoms with E-state index in [0.717, 1.165) is 38.6 Å². The van der Waals surface area contributed by atoms with Crippen LogP contribution in [0.15, 0.2) is 0 Å². The van der Waals surface area contributed by atoms with Gasteiger partial charge in [-0.2, -0.15) is 0 Å². The highest BCUT2D eigenvalue weighted by Gasteiger charge is 2.46. The number of fused-ring (bicyclic) bond motifs is 1. The molecule has 3 rings (SSSR count). The van der Waals surface area contributed by atoms with Crippen LogP contribution in [0.5, 0.6) is 0 Å². The number of hydrogen-bond donors (Lipinski definition) is 0. The molecule has 6 nitrogen and oxygen atoms in total. The summed E-state index contributed by atoms with van der Waals surface area (Å²) < 4.78 is 16.8. The maximum Gasteiger partial charge on any atom is 0.410 e. The molecular weight excluding hydrogens is 358 g/mol. The highest BCUT2D eigenvalue weighted by atomic mass is 16.6. The first-order valence-electron chi connectivity index (χ1n) is 11.0. The smallest absolute Gasteiger partial charge is 0.410 e. The lowest BCUT2D eigenvalue weighted by molar-refractivity contribution is -0.147. The molecule has 0 bridgehead atoms. The number of esters is 1. The van der Waals surface area contributed by atoms with Crippen LogP contribution in [-0.4, -0.2) is 55.0 Å². The van der Waals surface area contributed by atoms with Gasteiger partial charge in [0.15, 0.2) is 0 Å². The summed E-state index contributed by atoms with van der Waals surface area (Å²) in [5.41, 5.74) is -0.464. The molecule has 1 aliphatic heterocycles. The lowest BCUT2D eigenvalue weighted by Gasteiger charge is -2.33. The van der Waals surface area contributed by atoms with Gasteiger partial charge < -0.3 is 19.1 Å². The van der Waals surface area contributed by atoms with E-state index in [2.05, 4.69) is 0 Å². The Labute approximate surface area is 169 Å². The van der Waals surface area contributed by atoms with Gasteiger partial charge in [0.2, 0.25) is 0 Å². The molecule has 3 unspecified atom stereocenters. The predicted octanol–water partition coefficient (Wildman–Crippen LogP) is 4.16. The molecule has 0 aromatic heterocycles. The highest BCUT2D eigenvalue weighted by molar-refractivity contribution is 5.72. The fourth-order valence-electron chi connectivity index (χ4n) is 5.20. The van der Waals surface area contributed by atoms with E-state index in [-0.39, 0.29) is 24.1 Å². The zero-order valence-electron chi connectivity index (χ0n) is 17.9. The van der Waals surface area contributed by atoms with Gasteiger partial charge in [0, 0.05) is 18.5 Å². The number of likely N-dealkylation sites (tertiary alicyclic amines) is 1. The number of amides is 1. The lowest BCUT2D eigenvalue weighted by atomic mass is 9.80. The molecule has 1 amide bonds. The largest absolute Gasteiger partial charge is 0.469 e. The predicted molar refractivity (Wildman–Crippen MR) is 106 cm³/mol. The Hall–Kier alpha value is -1.30.